The van der Waals surface area contributed by atoms with E-state index in [0.29, 0.717) is 12.1 Å². The highest BCUT2D eigenvalue weighted by molar-refractivity contribution is 5.04. The molecule has 0 bridgehead atoms. The second-order valence-corrected chi connectivity index (χ2v) is 4.64. The summed E-state index contributed by atoms with van der Waals surface area (Å²) in [5, 5.41) is 3.60. The molecule has 0 aliphatic carbocycles. The second-order valence-electron chi connectivity index (χ2n) is 4.64. The van der Waals surface area contributed by atoms with E-state index in [1.807, 2.05) is 12.1 Å². The quantitative estimate of drug-likeness (QED) is 0.772. The Bertz CT molecular complexity index is 269. The first-order valence-corrected chi connectivity index (χ1v) is 6.07. The third-order valence-corrected chi connectivity index (χ3v) is 2.79. The summed E-state index contributed by atoms with van der Waals surface area (Å²) in [5.41, 5.74) is 0. The Morgan fingerprint density at radius 1 is 1.44 bits per heavy atom. The molecule has 2 unspecified atom stereocenters. The van der Waals surface area contributed by atoms with Crippen molar-refractivity contribution in [3.05, 3.63) is 24.2 Å². The number of hydrogen-bond acceptors (Lipinski definition) is 3. The van der Waals surface area contributed by atoms with Gasteiger partial charge in [-0.05, 0) is 52.5 Å². The van der Waals surface area contributed by atoms with E-state index in [1.165, 1.54) is 0 Å². The monoisotopic (exact) mass is 224 g/mol. The smallest absolute Gasteiger partial charge is 0.120 e. The van der Waals surface area contributed by atoms with E-state index in [0.717, 1.165) is 25.1 Å². The van der Waals surface area contributed by atoms with Crippen molar-refractivity contribution in [2.24, 2.45) is 0 Å². The zero-order valence-electron chi connectivity index (χ0n) is 10.9. The maximum Gasteiger partial charge on any atom is 0.120 e. The minimum Gasteiger partial charge on any atom is -0.468 e. The highest BCUT2D eigenvalue weighted by atomic mass is 16.3. The van der Waals surface area contributed by atoms with Crippen molar-refractivity contribution in [3.8, 4) is 0 Å². The van der Waals surface area contributed by atoms with E-state index in [4.69, 9.17) is 4.42 Å². The zero-order chi connectivity index (χ0) is 12.0. The Labute approximate surface area is 98.8 Å². The van der Waals surface area contributed by atoms with E-state index in [-0.39, 0.29) is 0 Å². The van der Waals surface area contributed by atoms with Gasteiger partial charge in [-0.15, -0.1) is 0 Å². The minimum absolute atomic E-state index is 0.340. The fourth-order valence-electron chi connectivity index (χ4n) is 1.77. The topological polar surface area (TPSA) is 28.4 Å². The molecule has 3 nitrogen and oxygen atoms in total. The van der Waals surface area contributed by atoms with Crippen molar-refractivity contribution in [1.29, 1.82) is 0 Å². The SMILES string of the molecule is CCC(NC(C)CCN(C)C)c1ccco1. The molecule has 1 rings (SSSR count). The lowest BCUT2D eigenvalue weighted by Gasteiger charge is -2.22. The summed E-state index contributed by atoms with van der Waals surface area (Å²) in [4.78, 5) is 2.21. The average Bonchev–Trinajstić information content (AvgIpc) is 2.76. The van der Waals surface area contributed by atoms with Gasteiger partial charge in [-0.1, -0.05) is 6.92 Å². The lowest BCUT2D eigenvalue weighted by molar-refractivity contribution is 0.327. The van der Waals surface area contributed by atoms with Crippen LogP contribution < -0.4 is 5.32 Å². The van der Waals surface area contributed by atoms with E-state index in [2.05, 4.69) is 38.2 Å². The van der Waals surface area contributed by atoms with Gasteiger partial charge in [0.05, 0.1) is 12.3 Å². The fraction of sp³-hybridized carbons (Fsp3) is 0.692. The number of nitrogens with one attached hydrogen (secondary N) is 1. The van der Waals surface area contributed by atoms with Crippen molar-refractivity contribution in [3.63, 3.8) is 0 Å². The summed E-state index contributed by atoms with van der Waals surface area (Å²) in [6, 6.07) is 4.84. The van der Waals surface area contributed by atoms with Gasteiger partial charge < -0.3 is 14.6 Å². The Hall–Kier alpha value is -0.800. The molecular weight excluding hydrogens is 200 g/mol. The van der Waals surface area contributed by atoms with Gasteiger partial charge in [-0.25, -0.2) is 0 Å². The molecule has 1 N–H and O–H groups in total. The van der Waals surface area contributed by atoms with E-state index >= 15 is 0 Å². The molecule has 0 amide bonds. The molecule has 0 radical (unpaired) electrons. The summed E-state index contributed by atoms with van der Waals surface area (Å²) < 4.78 is 5.44. The predicted octanol–water partition coefficient (Wildman–Crippen LogP) is 2.66. The van der Waals surface area contributed by atoms with Crippen LogP contribution >= 0.6 is 0 Å². The first-order chi connectivity index (χ1) is 7.63. The zero-order valence-corrected chi connectivity index (χ0v) is 10.9. The number of nitrogens with zero attached hydrogens (tertiary/aromatic N) is 1. The molecule has 0 saturated heterocycles. The Morgan fingerprint density at radius 3 is 2.69 bits per heavy atom. The minimum atomic E-state index is 0.340. The maximum absolute atomic E-state index is 5.44. The fourth-order valence-corrected chi connectivity index (χ4v) is 1.77. The molecule has 92 valence electrons. The number of rotatable bonds is 7. The van der Waals surface area contributed by atoms with Gasteiger partial charge in [0.2, 0.25) is 0 Å². The van der Waals surface area contributed by atoms with Crippen molar-refractivity contribution in [2.45, 2.75) is 38.8 Å². The van der Waals surface area contributed by atoms with Crippen LogP contribution in [0.5, 0.6) is 0 Å². The molecule has 2 atom stereocenters. The Morgan fingerprint density at radius 2 is 2.19 bits per heavy atom. The standard InChI is InChI=1S/C13H24N2O/c1-5-12(13-7-6-10-16-13)14-11(2)8-9-15(3)4/h6-7,10-12,14H,5,8-9H2,1-4H3. The van der Waals surface area contributed by atoms with Gasteiger partial charge in [0.1, 0.15) is 5.76 Å². The summed E-state index contributed by atoms with van der Waals surface area (Å²) in [5.74, 6) is 1.04. The number of hydrogen-bond donors (Lipinski definition) is 1. The van der Waals surface area contributed by atoms with Crippen LogP contribution in [0.2, 0.25) is 0 Å². The van der Waals surface area contributed by atoms with E-state index in [1.54, 1.807) is 6.26 Å². The lowest BCUT2D eigenvalue weighted by Crippen LogP contribution is -2.32. The Kier molecular flexibility index (Phi) is 5.56. The predicted molar refractivity (Wildman–Crippen MR) is 67.5 cm³/mol. The third-order valence-electron chi connectivity index (χ3n) is 2.79. The molecular formula is C13H24N2O. The van der Waals surface area contributed by atoms with Crippen LogP contribution in [0.25, 0.3) is 0 Å². The molecule has 1 heterocycles. The first-order valence-electron chi connectivity index (χ1n) is 6.07. The lowest BCUT2D eigenvalue weighted by atomic mass is 10.1. The van der Waals surface area contributed by atoms with Crippen LogP contribution in [-0.4, -0.2) is 31.6 Å². The molecule has 16 heavy (non-hydrogen) atoms. The van der Waals surface area contributed by atoms with Gasteiger partial charge in [0, 0.05) is 6.04 Å². The van der Waals surface area contributed by atoms with Gasteiger partial charge in [-0.3, -0.25) is 0 Å². The molecule has 0 aliphatic rings. The van der Waals surface area contributed by atoms with Crippen LogP contribution in [0.4, 0.5) is 0 Å². The van der Waals surface area contributed by atoms with Crippen molar-refractivity contribution >= 4 is 0 Å². The highest BCUT2D eigenvalue weighted by Gasteiger charge is 2.14. The van der Waals surface area contributed by atoms with Crippen LogP contribution in [-0.2, 0) is 0 Å². The summed E-state index contributed by atoms with van der Waals surface area (Å²) in [6.07, 6.45) is 3.95. The first kappa shape index (κ1) is 13.3. The van der Waals surface area contributed by atoms with E-state index < -0.39 is 0 Å². The molecule has 3 heteroatoms. The molecule has 0 spiro atoms. The van der Waals surface area contributed by atoms with Crippen LogP contribution in [0, 0.1) is 0 Å². The van der Waals surface area contributed by atoms with Gasteiger partial charge >= 0.3 is 0 Å². The molecule has 0 fully saturated rings. The summed E-state index contributed by atoms with van der Waals surface area (Å²) in [7, 11) is 4.22. The van der Waals surface area contributed by atoms with Crippen LogP contribution in [0.1, 0.15) is 38.5 Å². The van der Waals surface area contributed by atoms with Gasteiger partial charge in [0.25, 0.3) is 0 Å². The third kappa shape index (κ3) is 4.37. The normalized spacial score (nSPS) is 15.3. The van der Waals surface area contributed by atoms with E-state index in [9.17, 15) is 0 Å². The molecule has 1 aromatic heterocycles. The van der Waals surface area contributed by atoms with Gasteiger partial charge in [0.15, 0.2) is 0 Å². The molecule has 0 aromatic carbocycles. The molecule has 1 aromatic rings. The van der Waals surface area contributed by atoms with Crippen LogP contribution in [0.3, 0.4) is 0 Å². The maximum atomic E-state index is 5.44. The second kappa shape index (κ2) is 6.71. The number of furan rings is 1. The van der Waals surface area contributed by atoms with Crippen molar-refractivity contribution in [1.82, 2.24) is 10.2 Å². The average molecular weight is 224 g/mol. The summed E-state index contributed by atoms with van der Waals surface area (Å²) >= 11 is 0. The molecule has 0 saturated carbocycles. The summed E-state index contributed by atoms with van der Waals surface area (Å²) in [6.45, 7) is 5.52. The van der Waals surface area contributed by atoms with Crippen molar-refractivity contribution in [2.75, 3.05) is 20.6 Å². The highest BCUT2D eigenvalue weighted by Crippen LogP contribution is 2.17. The Balaban J connectivity index is 2.38. The molecule has 0 aliphatic heterocycles. The van der Waals surface area contributed by atoms with Gasteiger partial charge in [-0.2, -0.15) is 0 Å². The van der Waals surface area contributed by atoms with Crippen molar-refractivity contribution < 1.29 is 4.42 Å². The largest absolute Gasteiger partial charge is 0.468 e. The van der Waals surface area contributed by atoms with Crippen LogP contribution in [0.15, 0.2) is 22.8 Å².